The van der Waals surface area contributed by atoms with Crippen LogP contribution in [0.2, 0.25) is 5.02 Å². The maximum absolute atomic E-state index is 12.5. The van der Waals surface area contributed by atoms with Crippen molar-refractivity contribution in [2.24, 2.45) is 0 Å². The van der Waals surface area contributed by atoms with Crippen LogP contribution in [-0.2, 0) is 11.2 Å². The first-order valence-electron chi connectivity index (χ1n) is 8.35. The van der Waals surface area contributed by atoms with E-state index in [2.05, 4.69) is 5.32 Å². The van der Waals surface area contributed by atoms with Crippen LogP contribution in [0.15, 0.2) is 47.0 Å². The first-order valence-corrected chi connectivity index (χ1v) is 9.48. The molecule has 0 saturated carbocycles. The van der Waals surface area contributed by atoms with Crippen molar-refractivity contribution in [2.45, 2.75) is 13.3 Å². The van der Waals surface area contributed by atoms with E-state index in [0.717, 1.165) is 5.56 Å². The number of hydrogen-bond donors (Lipinski definition) is 1. The standard InChI is InChI=1S/C20H20Cl3NO3/c1-3-27-17-12-13(4-9-16(17)26-2)10-11-24-20(25)18(19(22)23)14-5-7-15(21)8-6-14/h4-9,12H,3,10-11H2,1-2H3,(H,24,25). The van der Waals surface area contributed by atoms with E-state index in [4.69, 9.17) is 44.3 Å². The van der Waals surface area contributed by atoms with Crippen molar-refractivity contribution in [2.75, 3.05) is 20.3 Å². The second-order valence-electron chi connectivity index (χ2n) is 5.57. The molecule has 7 heteroatoms. The Morgan fingerprint density at radius 2 is 1.78 bits per heavy atom. The lowest BCUT2D eigenvalue weighted by atomic mass is 10.1. The molecule has 144 valence electrons. The zero-order valence-electron chi connectivity index (χ0n) is 15.0. The van der Waals surface area contributed by atoms with Crippen molar-refractivity contribution in [1.29, 1.82) is 0 Å². The number of methoxy groups -OCH3 is 1. The molecule has 0 bridgehead atoms. The molecule has 0 spiro atoms. The van der Waals surface area contributed by atoms with E-state index >= 15 is 0 Å². The molecular formula is C20H20Cl3NO3. The molecule has 0 aliphatic rings. The van der Waals surface area contributed by atoms with E-state index in [0.29, 0.717) is 41.7 Å². The highest BCUT2D eigenvalue weighted by Crippen LogP contribution is 2.28. The van der Waals surface area contributed by atoms with Crippen LogP contribution >= 0.6 is 34.8 Å². The summed E-state index contributed by atoms with van der Waals surface area (Å²) in [6.45, 7) is 2.86. The van der Waals surface area contributed by atoms with Crippen molar-refractivity contribution in [3.63, 3.8) is 0 Å². The van der Waals surface area contributed by atoms with Gasteiger partial charge in [-0.1, -0.05) is 53.0 Å². The Bertz CT molecular complexity index is 816. The third-order valence-corrected chi connectivity index (χ3v) is 4.41. The SMILES string of the molecule is CCOc1cc(CCNC(=O)C(=C(Cl)Cl)c2ccc(Cl)cc2)ccc1OC. The van der Waals surface area contributed by atoms with Crippen LogP contribution in [0, 0.1) is 0 Å². The van der Waals surface area contributed by atoms with Gasteiger partial charge in [-0.2, -0.15) is 0 Å². The summed E-state index contributed by atoms with van der Waals surface area (Å²) < 4.78 is 10.7. The molecule has 0 unspecified atom stereocenters. The zero-order valence-corrected chi connectivity index (χ0v) is 17.3. The minimum Gasteiger partial charge on any atom is -0.493 e. The van der Waals surface area contributed by atoms with Gasteiger partial charge in [-0.05, 0) is 48.7 Å². The van der Waals surface area contributed by atoms with Gasteiger partial charge in [0.15, 0.2) is 11.5 Å². The molecular weight excluding hydrogens is 409 g/mol. The number of carbonyl (C=O) groups is 1. The molecule has 27 heavy (non-hydrogen) atoms. The molecule has 0 heterocycles. The summed E-state index contributed by atoms with van der Waals surface area (Å²) in [4.78, 5) is 12.5. The van der Waals surface area contributed by atoms with Gasteiger partial charge >= 0.3 is 0 Å². The predicted octanol–water partition coefficient (Wildman–Crippen LogP) is 5.25. The van der Waals surface area contributed by atoms with Gasteiger partial charge in [0.1, 0.15) is 4.49 Å². The van der Waals surface area contributed by atoms with Crippen molar-refractivity contribution in [3.8, 4) is 11.5 Å². The van der Waals surface area contributed by atoms with Crippen LogP contribution in [0.5, 0.6) is 11.5 Å². The van der Waals surface area contributed by atoms with Crippen molar-refractivity contribution in [1.82, 2.24) is 5.32 Å². The Hall–Kier alpha value is -1.88. The minimum atomic E-state index is -0.351. The third-order valence-electron chi connectivity index (χ3n) is 3.78. The summed E-state index contributed by atoms with van der Waals surface area (Å²) >= 11 is 17.7. The predicted molar refractivity (Wildman–Crippen MR) is 111 cm³/mol. The van der Waals surface area contributed by atoms with Gasteiger partial charge in [0, 0.05) is 11.6 Å². The third kappa shape index (κ3) is 6.06. The molecule has 0 radical (unpaired) electrons. The van der Waals surface area contributed by atoms with Crippen LogP contribution < -0.4 is 14.8 Å². The molecule has 0 atom stereocenters. The largest absolute Gasteiger partial charge is 0.493 e. The monoisotopic (exact) mass is 427 g/mol. The van der Waals surface area contributed by atoms with E-state index in [-0.39, 0.29) is 16.0 Å². The fourth-order valence-corrected chi connectivity index (χ4v) is 3.01. The van der Waals surface area contributed by atoms with Gasteiger partial charge in [0.25, 0.3) is 5.91 Å². The highest BCUT2D eigenvalue weighted by Gasteiger charge is 2.16. The summed E-state index contributed by atoms with van der Waals surface area (Å²) in [6.07, 6.45) is 0.615. The number of halogens is 3. The van der Waals surface area contributed by atoms with E-state index in [1.165, 1.54) is 0 Å². The molecule has 1 amide bonds. The first-order chi connectivity index (χ1) is 13.0. The molecule has 0 aromatic heterocycles. The molecule has 2 aromatic rings. The number of ether oxygens (including phenoxy) is 2. The lowest BCUT2D eigenvalue weighted by Crippen LogP contribution is -2.26. The lowest BCUT2D eigenvalue weighted by Gasteiger charge is -2.12. The fraction of sp³-hybridized carbons (Fsp3) is 0.250. The highest BCUT2D eigenvalue weighted by molar-refractivity contribution is 6.61. The maximum atomic E-state index is 12.5. The molecule has 2 rings (SSSR count). The van der Waals surface area contributed by atoms with E-state index < -0.39 is 0 Å². The van der Waals surface area contributed by atoms with E-state index in [1.54, 1.807) is 31.4 Å². The Labute approximate surface area is 174 Å². The van der Waals surface area contributed by atoms with Gasteiger partial charge in [0.2, 0.25) is 0 Å². The smallest absolute Gasteiger partial charge is 0.254 e. The Balaban J connectivity index is 2.03. The van der Waals surface area contributed by atoms with Crippen molar-refractivity contribution in [3.05, 3.63) is 63.1 Å². The number of nitrogens with one attached hydrogen (secondary N) is 1. The van der Waals surface area contributed by atoms with Gasteiger partial charge in [0.05, 0.1) is 19.3 Å². The normalized spacial score (nSPS) is 10.3. The number of carbonyl (C=O) groups excluding carboxylic acids is 1. The van der Waals surface area contributed by atoms with Gasteiger partial charge < -0.3 is 14.8 Å². The summed E-state index contributed by atoms with van der Waals surface area (Å²) in [7, 11) is 1.60. The second-order valence-corrected chi connectivity index (χ2v) is 6.95. The lowest BCUT2D eigenvalue weighted by molar-refractivity contribution is -0.115. The van der Waals surface area contributed by atoms with Crippen LogP contribution in [0.1, 0.15) is 18.1 Å². The summed E-state index contributed by atoms with van der Waals surface area (Å²) in [5.74, 6) is 0.997. The molecule has 0 fully saturated rings. The molecule has 0 saturated heterocycles. The fourth-order valence-electron chi connectivity index (χ4n) is 2.50. The van der Waals surface area contributed by atoms with Gasteiger partial charge in [-0.15, -0.1) is 0 Å². The average molecular weight is 429 g/mol. The topological polar surface area (TPSA) is 47.6 Å². The molecule has 0 aliphatic carbocycles. The quantitative estimate of drug-likeness (QED) is 0.584. The number of hydrogen-bond acceptors (Lipinski definition) is 3. The van der Waals surface area contributed by atoms with Crippen LogP contribution in [-0.4, -0.2) is 26.2 Å². The van der Waals surface area contributed by atoms with Crippen molar-refractivity contribution < 1.29 is 14.3 Å². The van der Waals surface area contributed by atoms with Crippen LogP contribution in [0.4, 0.5) is 0 Å². The zero-order chi connectivity index (χ0) is 19.8. The van der Waals surface area contributed by atoms with Gasteiger partial charge in [-0.3, -0.25) is 4.79 Å². The van der Waals surface area contributed by atoms with Crippen molar-refractivity contribution >= 4 is 46.3 Å². The minimum absolute atomic E-state index is 0.0992. The maximum Gasteiger partial charge on any atom is 0.254 e. The number of benzene rings is 2. The highest BCUT2D eigenvalue weighted by atomic mass is 35.5. The Kier molecular flexibility index (Phi) is 8.29. The van der Waals surface area contributed by atoms with E-state index in [9.17, 15) is 4.79 Å². The van der Waals surface area contributed by atoms with Crippen LogP contribution in [0.25, 0.3) is 5.57 Å². The molecule has 1 N–H and O–H groups in total. The Morgan fingerprint density at radius 1 is 1.07 bits per heavy atom. The number of rotatable bonds is 8. The molecule has 0 aliphatic heterocycles. The van der Waals surface area contributed by atoms with Gasteiger partial charge in [-0.25, -0.2) is 0 Å². The van der Waals surface area contributed by atoms with E-state index in [1.807, 2.05) is 25.1 Å². The average Bonchev–Trinajstić information content (AvgIpc) is 2.64. The second kappa shape index (κ2) is 10.5. The first kappa shape index (κ1) is 21.4. The molecule has 4 nitrogen and oxygen atoms in total. The Morgan fingerprint density at radius 3 is 2.37 bits per heavy atom. The number of amides is 1. The molecule has 2 aromatic carbocycles. The van der Waals surface area contributed by atoms with Crippen LogP contribution in [0.3, 0.4) is 0 Å². The summed E-state index contributed by atoms with van der Waals surface area (Å²) in [6, 6.07) is 12.4. The summed E-state index contributed by atoms with van der Waals surface area (Å²) in [5.41, 5.74) is 1.81. The summed E-state index contributed by atoms with van der Waals surface area (Å²) in [5, 5.41) is 3.40.